The zero-order valence-corrected chi connectivity index (χ0v) is 14.3. The Bertz CT molecular complexity index is 813. The molecule has 3 N–H and O–H groups in total. The predicted molar refractivity (Wildman–Crippen MR) is 96.7 cm³/mol. The molecule has 1 aromatic heterocycles. The number of nitrogens with zero attached hydrogens (tertiary/aromatic N) is 2. The van der Waals surface area contributed by atoms with Crippen LogP contribution in [0.15, 0.2) is 30.5 Å². The number of rotatable bonds is 4. The number of anilines is 2. The lowest BCUT2D eigenvalue weighted by atomic mass is 9.95. The lowest BCUT2D eigenvalue weighted by molar-refractivity contribution is 0.0593. The number of nitrogens with one attached hydrogen (secondary N) is 1. The number of methoxy groups -OCH3 is 1. The van der Waals surface area contributed by atoms with Crippen LogP contribution >= 0.6 is 0 Å². The Balaban J connectivity index is 2.05. The predicted octanol–water partition coefficient (Wildman–Crippen LogP) is 3.46. The van der Waals surface area contributed by atoms with Crippen molar-refractivity contribution in [3.8, 4) is 11.8 Å². The fourth-order valence-electron chi connectivity index (χ4n) is 3.38. The molecule has 0 unspecified atom stereocenters. The third-order valence-electron chi connectivity index (χ3n) is 4.67. The molecule has 1 aliphatic carbocycles. The highest BCUT2D eigenvalue weighted by atomic mass is 16.5. The number of aromatic nitrogens is 1. The van der Waals surface area contributed by atoms with Gasteiger partial charge in [-0.2, -0.15) is 5.26 Å². The maximum Gasteiger partial charge on any atom is 0.357 e. The maximum atomic E-state index is 12.2. The van der Waals surface area contributed by atoms with Crippen molar-refractivity contribution >= 4 is 17.3 Å². The third-order valence-corrected chi connectivity index (χ3v) is 4.67. The van der Waals surface area contributed by atoms with Crippen molar-refractivity contribution in [3.63, 3.8) is 0 Å². The molecule has 1 aromatic carbocycles. The van der Waals surface area contributed by atoms with E-state index in [1.54, 1.807) is 10.8 Å². The molecule has 130 valence electrons. The van der Waals surface area contributed by atoms with Crippen molar-refractivity contribution in [1.82, 2.24) is 4.57 Å². The molecule has 1 aliphatic rings. The van der Waals surface area contributed by atoms with Crippen molar-refractivity contribution in [1.29, 1.82) is 5.26 Å². The van der Waals surface area contributed by atoms with Gasteiger partial charge in [0.25, 0.3) is 0 Å². The Labute approximate surface area is 147 Å². The largest absolute Gasteiger partial charge is 0.464 e. The first-order valence-corrected chi connectivity index (χ1v) is 8.51. The molecular formula is C19H22N4O2. The first-order valence-electron chi connectivity index (χ1n) is 8.51. The van der Waals surface area contributed by atoms with E-state index in [4.69, 9.17) is 10.5 Å². The molecule has 6 heteroatoms. The Morgan fingerprint density at radius 1 is 1.32 bits per heavy atom. The fraction of sp³-hybridized carbons (Fsp3) is 0.368. The Morgan fingerprint density at radius 2 is 2.04 bits per heavy atom. The van der Waals surface area contributed by atoms with Gasteiger partial charge in [-0.15, -0.1) is 0 Å². The lowest BCUT2D eigenvalue weighted by Crippen LogP contribution is -2.23. The number of nitrogens with two attached hydrogens (primary N) is 1. The minimum absolute atomic E-state index is 0.141. The zero-order valence-electron chi connectivity index (χ0n) is 14.3. The molecule has 25 heavy (non-hydrogen) atoms. The van der Waals surface area contributed by atoms with Crippen LogP contribution in [-0.4, -0.2) is 23.7 Å². The van der Waals surface area contributed by atoms with Gasteiger partial charge in [-0.05, 0) is 25.0 Å². The van der Waals surface area contributed by atoms with E-state index in [0.29, 0.717) is 6.04 Å². The second-order valence-corrected chi connectivity index (χ2v) is 6.27. The number of para-hydroxylation sites is 2. The summed E-state index contributed by atoms with van der Waals surface area (Å²) < 4.78 is 6.50. The molecule has 0 bridgehead atoms. The van der Waals surface area contributed by atoms with Gasteiger partial charge in [0.1, 0.15) is 6.07 Å². The molecule has 0 amide bonds. The van der Waals surface area contributed by atoms with Crippen molar-refractivity contribution in [2.24, 2.45) is 0 Å². The summed E-state index contributed by atoms with van der Waals surface area (Å²) in [5.41, 5.74) is 8.27. The molecule has 1 heterocycles. The van der Waals surface area contributed by atoms with Crippen LogP contribution in [0.25, 0.3) is 5.69 Å². The minimum atomic E-state index is -0.563. The normalized spacial score (nSPS) is 14.7. The average Bonchev–Trinajstić information content (AvgIpc) is 2.98. The zero-order chi connectivity index (χ0) is 17.8. The van der Waals surface area contributed by atoms with Crippen LogP contribution in [0.2, 0.25) is 0 Å². The van der Waals surface area contributed by atoms with Crippen LogP contribution in [0.3, 0.4) is 0 Å². The quantitative estimate of drug-likeness (QED) is 0.833. The van der Waals surface area contributed by atoms with E-state index in [1.807, 2.05) is 30.3 Å². The second-order valence-electron chi connectivity index (χ2n) is 6.27. The Hall–Kier alpha value is -2.94. The molecule has 0 radical (unpaired) electrons. The number of carbonyl (C=O) groups excluding carboxylic acids is 1. The van der Waals surface area contributed by atoms with E-state index in [2.05, 4.69) is 5.32 Å². The standard InChI is InChI=1S/C19H22N4O2/c1-25-19(24)18-17(21)13(11-20)12-23(18)16-10-6-5-9-15(16)22-14-7-3-2-4-8-14/h5-6,9-10,12,14,22H,2-4,7-8,21H2,1H3. The van der Waals surface area contributed by atoms with E-state index < -0.39 is 5.97 Å². The number of benzene rings is 1. The van der Waals surface area contributed by atoms with E-state index >= 15 is 0 Å². The molecule has 0 atom stereocenters. The first kappa shape index (κ1) is 16.9. The van der Waals surface area contributed by atoms with Crippen LogP contribution < -0.4 is 11.1 Å². The second kappa shape index (κ2) is 7.31. The van der Waals surface area contributed by atoms with Crippen molar-refractivity contribution in [2.75, 3.05) is 18.2 Å². The molecule has 1 saturated carbocycles. The molecule has 0 spiro atoms. The van der Waals surface area contributed by atoms with Crippen LogP contribution in [0.1, 0.15) is 48.2 Å². The molecular weight excluding hydrogens is 316 g/mol. The van der Waals surface area contributed by atoms with Crippen molar-refractivity contribution in [3.05, 3.63) is 41.7 Å². The fourth-order valence-corrected chi connectivity index (χ4v) is 3.38. The average molecular weight is 338 g/mol. The van der Waals surface area contributed by atoms with Gasteiger partial charge >= 0.3 is 5.97 Å². The number of esters is 1. The van der Waals surface area contributed by atoms with Crippen molar-refractivity contribution in [2.45, 2.75) is 38.1 Å². The first-order chi connectivity index (χ1) is 12.2. The number of nitriles is 1. The molecule has 0 saturated heterocycles. The summed E-state index contributed by atoms with van der Waals surface area (Å²) in [6.07, 6.45) is 7.59. The van der Waals surface area contributed by atoms with Crippen molar-refractivity contribution < 1.29 is 9.53 Å². The SMILES string of the molecule is COC(=O)c1c(N)c(C#N)cn1-c1ccccc1NC1CCCCC1. The highest BCUT2D eigenvalue weighted by Gasteiger charge is 2.23. The monoisotopic (exact) mass is 338 g/mol. The summed E-state index contributed by atoms with van der Waals surface area (Å²) in [7, 11) is 1.30. The van der Waals surface area contributed by atoms with Gasteiger partial charge in [-0.3, -0.25) is 0 Å². The molecule has 1 fully saturated rings. The number of carbonyl (C=O) groups is 1. The van der Waals surface area contributed by atoms with E-state index in [0.717, 1.165) is 24.2 Å². The van der Waals surface area contributed by atoms with Gasteiger partial charge in [0.2, 0.25) is 0 Å². The van der Waals surface area contributed by atoms with Crippen LogP contribution in [0.5, 0.6) is 0 Å². The minimum Gasteiger partial charge on any atom is -0.464 e. The van der Waals surface area contributed by atoms with Gasteiger partial charge in [0, 0.05) is 12.2 Å². The maximum absolute atomic E-state index is 12.2. The topological polar surface area (TPSA) is 93.1 Å². The molecule has 0 aliphatic heterocycles. The number of hydrogen-bond acceptors (Lipinski definition) is 5. The summed E-state index contributed by atoms with van der Waals surface area (Å²) in [5.74, 6) is -0.563. The van der Waals surface area contributed by atoms with Gasteiger partial charge in [-0.1, -0.05) is 31.4 Å². The van der Waals surface area contributed by atoms with Crippen LogP contribution in [0.4, 0.5) is 11.4 Å². The molecule has 2 aromatic rings. The lowest BCUT2D eigenvalue weighted by Gasteiger charge is -2.25. The van der Waals surface area contributed by atoms with E-state index in [1.165, 1.54) is 26.4 Å². The highest BCUT2D eigenvalue weighted by molar-refractivity contribution is 5.96. The number of hydrogen-bond donors (Lipinski definition) is 2. The van der Waals surface area contributed by atoms with E-state index in [9.17, 15) is 10.1 Å². The summed E-state index contributed by atoms with van der Waals surface area (Å²) >= 11 is 0. The summed E-state index contributed by atoms with van der Waals surface area (Å²) in [5, 5.41) is 12.9. The van der Waals surface area contributed by atoms with Gasteiger partial charge < -0.3 is 20.4 Å². The van der Waals surface area contributed by atoms with Crippen LogP contribution in [0, 0.1) is 11.3 Å². The third kappa shape index (κ3) is 3.31. The highest BCUT2D eigenvalue weighted by Crippen LogP contribution is 2.30. The Kier molecular flexibility index (Phi) is 4.94. The van der Waals surface area contributed by atoms with Gasteiger partial charge in [0.05, 0.1) is 29.7 Å². The summed E-state index contributed by atoms with van der Waals surface area (Å²) in [4.78, 5) is 12.2. The number of nitrogen functional groups attached to an aromatic ring is 1. The van der Waals surface area contributed by atoms with Crippen LogP contribution in [-0.2, 0) is 4.74 Å². The van der Waals surface area contributed by atoms with Gasteiger partial charge in [-0.25, -0.2) is 4.79 Å². The summed E-state index contributed by atoms with van der Waals surface area (Å²) in [6, 6.07) is 10.2. The summed E-state index contributed by atoms with van der Waals surface area (Å²) in [6.45, 7) is 0. The molecule has 6 nitrogen and oxygen atoms in total. The molecule has 3 rings (SSSR count). The van der Waals surface area contributed by atoms with Gasteiger partial charge in [0.15, 0.2) is 5.69 Å². The number of ether oxygens (including phenoxy) is 1. The van der Waals surface area contributed by atoms with E-state index in [-0.39, 0.29) is 16.9 Å². The Morgan fingerprint density at radius 3 is 2.72 bits per heavy atom. The smallest absolute Gasteiger partial charge is 0.357 e.